The van der Waals surface area contributed by atoms with Gasteiger partial charge in [-0.2, -0.15) is 0 Å². The summed E-state index contributed by atoms with van der Waals surface area (Å²) >= 11 is 0. The molecule has 0 saturated carbocycles. The van der Waals surface area contributed by atoms with E-state index in [0.29, 0.717) is 26.1 Å². The van der Waals surface area contributed by atoms with Gasteiger partial charge in [-0.25, -0.2) is 4.79 Å². The van der Waals surface area contributed by atoms with Gasteiger partial charge in [-0.1, -0.05) is 6.08 Å². The lowest BCUT2D eigenvalue weighted by Crippen LogP contribution is -2.29. The SMILES string of the molecule is C/C(=C\CCN1CCNC1=O)C(=O)[O-]. The van der Waals surface area contributed by atoms with E-state index in [2.05, 4.69) is 5.32 Å². The van der Waals surface area contributed by atoms with Gasteiger partial charge in [0.2, 0.25) is 0 Å². The number of nitrogens with zero attached hydrogens (tertiary/aromatic N) is 1. The van der Waals surface area contributed by atoms with E-state index in [9.17, 15) is 14.7 Å². The zero-order chi connectivity index (χ0) is 10.6. The molecule has 0 aliphatic carbocycles. The van der Waals surface area contributed by atoms with Gasteiger partial charge in [0.1, 0.15) is 0 Å². The standard InChI is InChI=1S/C9H14N2O3/c1-7(8(12)13)3-2-5-11-6-4-10-9(11)14/h3H,2,4-6H2,1H3,(H,10,14)(H,12,13)/p-1/b7-3+. The van der Waals surface area contributed by atoms with E-state index in [1.54, 1.807) is 11.0 Å². The third-order valence-corrected chi connectivity index (χ3v) is 2.12. The maximum atomic E-state index is 11.0. The van der Waals surface area contributed by atoms with Crippen LogP contribution in [0.5, 0.6) is 0 Å². The number of carboxylic acids is 1. The molecule has 1 heterocycles. The molecule has 14 heavy (non-hydrogen) atoms. The number of carboxylic acid groups (broad SMARTS) is 1. The van der Waals surface area contributed by atoms with Crippen LogP contribution in [0.1, 0.15) is 13.3 Å². The van der Waals surface area contributed by atoms with Gasteiger partial charge in [0, 0.05) is 19.6 Å². The smallest absolute Gasteiger partial charge is 0.317 e. The van der Waals surface area contributed by atoms with Crippen molar-refractivity contribution in [2.45, 2.75) is 13.3 Å². The van der Waals surface area contributed by atoms with E-state index < -0.39 is 5.97 Å². The highest BCUT2D eigenvalue weighted by molar-refractivity contribution is 5.83. The molecule has 0 bridgehead atoms. The molecule has 0 atom stereocenters. The molecule has 78 valence electrons. The fraction of sp³-hybridized carbons (Fsp3) is 0.556. The maximum Gasteiger partial charge on any atom is 0.317 e. The van der Waals surface area contributed by atoms with E-state index >= 15 is 0 Å². The van der Waals surface area contributed by atoms with Crippen molar-refractivity contribution in [2.75, 3.05) is 19.6 Å². The fourth-order valence-electron chi connectivity index (χ4n) is 1.24. The number of aliphatic carboxylic acids is 1. The third kappa shape index (κ3) is 2.76. The number of carbonyl (C=O) groups excluding carboxylic acids is 2. The minimum absolute atomic E-state index is 0.0792. The van der Waals surface area contributed by atoms with Crippen LogP contribution in [0.4, 0.5) is 4.79 Å². The predicted molar refractivity (Wildman–Crippen MR) is 48.4 cm³/mol. The molecule has 0 unspecified atom stereocenters. The molecule has 1 saturated heterocycles. The first kappa shape index (κ1) is 10.6. The summed E-state index contributed by atoms with van der Waals surface area (Å²) in [7, 11) is 0. The predicted octanol–water partition coefficient (Wildman–Crippen LogP) is -0.902. The first-order valence-electron chi connectivity index (χ1n) is 4.52. The Morgan fingerprint density at radius 3 is 2.93 bits per heavy atom. The largest absolute Gasteiger partial charge is 0.545 e. The Labute approximate surface area is 82.4 Å². The summed E-state index contributed by atoms with van der Waals surface area (Å²) in [6, 6.07) is -0.0792. The van der Waals surface area contributed by atoms with E-state index in [4.69, 9.17) is 0 Å². The minimum Gasteiger partial charge on any atom is -0.545 e. The van der Waals surface area contributed by atoms with Crippen molar-refractivity contribution in [1.82, 2.24) is 10.2 Å². The summed E-state index contributed by atoms with van der Waals surface area (Å²) in [4.78, 5) is 23.0. The number of rotatable bonds is 4. The van der Waals surface area contributed by atoms with Crippen molar-refractivity contribution in [2.24, 2.45) is 0 Å². The van der Waals surface area contributed by atoms with Gasteiger partial charge in [0.25, 0.3) is 0 Å². The van der Waals surface area contributed by atoms with Crippen molar-refractivity contribution < 1.29 is 14.7 Å². The molecule has 2 amide bonds. The second kappa shape index (κ2) is 4.64. The van der Waals surface area contributed by atoms with E-state index in [1.807, 2.05) is 0 Å². The Morgan fingerprint density at radius 1 is 1.71 bits per heavy atom. The lowest BCUT2D eigenvalue weighted by Gasteiger charge is -2.12. The Morgan fingerprint density at radius 2 is 2.43 bits per heavy atom. The first-order chi connectivity index (χ1) is 6.61. The summed E-state index contributed by atoms with van der Waals surface area (Å²) in [5.41, 5.74) is 0.213. The molecule has 1 rings (SSSR count). The Kier molecular flexibility index (Phi) is 3.50. The average Bonchev–Trinajstić information content (AvgIpc) is 2.51. The highest BCUT2D eigenvalue weighted by Crippen LogP contribution is 2.00. The van der Waals surface area contributed by atoms with Crippen molar-refractivity contribution >= 4 is 12.0 Å². The van der Waals surface area contributed by atoms with E-state index in [0.717, 1.165) is 0 Å². The van der Waals surface area contributed by atoms with Crippen LogP contribution in [0.15, 0.2) is 11.6 Å². The highest BCUT2D eigenvalue weighted by atomic mass is 16.4. The van der Waals surface area contributed by atoms with Crippen LogP contribution < -0.4 is 10.4 Å². The quantitative estimate of drug-likeness (QED) is 0.593. The van der Waals surface area contributed by atoms with Gasteiger partial charge in [0.05, 0.1) is 5.97 Å². The van der Waals surface area contributed by atoms with Crippen molar-refractivity contribution in [3.8, 4) is 0 Å². The van der Waals surface area contributed by atoms with Gasteiger partial charge in [-0.15, -0.1) is 0 Å². The van der Waals surface area contributed by atoms with Crippen LogP contribution in [0.3, 0.4) is 0 Å². The molecular formula is C9H13N2O3-. The molecule has 1 aliphatic rings. The molecule has 5 heteroatoms. The normalized spacial score (nSPS) is 17.1. The van der Waals surface area contributed by atoms with Crippen LogP contribution in [0, 0.1) is 0 Å². The molecule has 0 spiro atoms. The molecule has 5 nitrogen and oxygen atoms in total. The number of amides is 2. The Hall–Kier alpha value is -1.52. The third-order valence-electron chi connectivity index (χ3n) is 2.12. The van der Waals surface area contributed by atoms with E-state index in [-0.39, 0.29) is 11.6 Å². The summed E-state index contributed by atoms with van der Waals surface area (Å²) < 4.78 is 0. The first-order valence-corrected chi connectivity index (χ1v) is 4.52. The monoisotopic (exact) mass is 197 g/mol. The maximum absolute atomic E-state index is 11.0. The molecule has 1 N–H and O–H groups in total. The second-order valence-electron chi connectivity index (χ2n) is 3.18. The van der Waals surface area contributed by atoms with Crippen LogP contribution >= 0.6 is 0 Å². The number of urea groups is 1. The average molecular weight is 197 g/mol. The highest BCUT2D eigenvalue weighted by Gasteiger charge is 2.17. The van der Waals surface area contributed by atoms with Crippen molar-refractivity contribution in [3.05, 3.63) is 11.6 Å². The number of nitrogens with one attached hydrogen (secondary N) is 1. The molecule has 1 aliphatic heterocycles. The lowest BCUT2D eigenvalue weighted by atomic mass is 10.2. The van der Waals surface area contributed by atoms with Crippen molar-refractivity contribution in [3.63, 3.8) is 0 Å². The number of hydrogen-bond acceptors (Lipinski definition) is 3. The van der Waals surface area contributed by atoms with Crippen LogP contribution in [0.2, 0.25) is 0 Å². The van der Waals surface area contributed by atoms with Crippen molar-refractivity contribution in [1.29, 1.82) is 0 Å². The van der Waals surface area contributed by atoms with Gasteiger partial charge in [-0.05, 0) is 18.9 Å². The molecule has 0 aromatic rings. The summed E-state index contributed by atoms with van der Waals surface area (Å²) in [6.45, 7) is 3.40. The fourth-order valence-corrected chi connectivity index (χ4v) is 1.24. The van der Waals surface area contributed by atoms with Gasteiger partial charge in [-0.3, -0.25) is 0 Å². The lowest BCUT2D eigenvalue weighted by molar-refractivity contribution is -0.299. The van der Waals surface area contributed by atoms with Crippen LogP contribution in [-0.2, 0) is 4.79 Å². The van der Waals surface area contributed by atoms with Gasteiger partial charge >= 0.3 is 6.03 Å². The molecular weight excluding hydrogens is 184 g/mol. The van der Waals surface area contributed by atoms with Gasteiger partial charge in [0.15, 0.2) is 0 Å². The summed E-state index contributed by atoms with van der Waals surface area (Å²) in [5.74, 6) is -1.16. The van der Waals surface area contributed by atoms with Gasteiger partial charge < -0.3 is 20.1 Å². The van der Waals surface area contributed by atoms with Crippen LogP contribution in [-0.4, -0.2) is 36.5 Å². The molecule has 0 aromatic heterocycles. The Bertz CT molecular complexity index is 273. The van der Waals surface area contributed by atoms with E-state index in [1.165, 1.54) is 6.92 Å². The second-order valence-corrected chi connectivity index (χ2v) is 3.18. The minimum atomic E-state index is -1.16. The Balaban J connectivity index is 2.30. The molecule has 0 radical (unpaired) electrons. The van der Waals surface area contributed by atoms with Crippen LogP contribution in [0.25, 0.3) is 0 Å². The zero-order valence-corrected chi connectivity index (χ0v) is 8.08. The number of carbonyl (C=O) groups is 2. The topological polar surface area (TPSA) is 72.5 Å². The molecule has 1 fully saturated rings. The molecule has 0 aromatic carbocycles. The zero-order valence-electron chi connectivity index (χ0n) is 8.08. The summed E-state index contributed by atoms with van der Waals surface area (Å²) in [5, 5.41) is 13.0. The number of hydrogen-bond donors (Lipinski definition) is 1. The summed E-state index contributed by atoms with van der Waals surface area (Å²) in [6.07, 6.45) is 2.12.